The van der Waals surface area contributed by atoms with Crippen LogP contribution in [0.15, 0.2) is 45.8 Å². The van der Waals surface area contributed by atoms with Crippen molar-refractivity contribution in [2.75, 3.05) is 22.8 Å². The third-order valence-corrected chi connectivity index (χ3v) is 7.27. The Hall–Kier alpha value is -2.06. The minimum atomic E-state index is -3.82. The molecule has 0 unspecified atom stereocenters. The maximum atomic E-state index is 13.0. The molecule has 1 amide bonds. The highest BCUT2D eigenvalue weighted by molar-refractivity contribution is 9.10. The van der Waals surface area contributed by atoms with Gasteiger partial charge in [-0.25, -0.2) is 8.42 Å². The fourth-order valence-electron chi connectivity index (χ4n) is 3.37. The summed E-state index contributed by atoms with van der Waals surface area (Å²) >= 11 is 3.39. The van der Waals surface area contributed by atoms with Crippen LogP contribution in [0.4, 0.5) is 11.4 Å². The number of ether oxygens (including phenoxy) is 1. The summed E-state index contributed by atoms with van der Waals surface area (Å²) in [4.78, 5) is 14.4. The van der Waals surface area contributed by atoms with Gasteiger partial charge in [0, 0.05) is 28.3 Å². The molecule has 2 aliphatic rings. The lowest BCUT2D eigenvalue weighted by molar-refractivity contribution is -0.119. The maximum Gasteiger partial charge on any atom is 0.263 e. The summed E-state index contributed by atoms with van der Waals surface area (Å²) in [6.07, 6.45) is 2.58. The second-order valence-electron chi connectivity index (χ2n) is 6.99. The van der Waals surface area contributed by atoms with Crippen LogP contribution in [0.25, 0.3) is 0 Å². The van der Waals surface area contributed by atoms with E-state index >= 15 is 0 Å². The van der Waals surface area contributed by atoms with Crippen LogP contribution < -0.4 is 14.4 Å². The van der Waals surface area contributed by atoms with E-state index in [1.165, 1.54) is 0 Å². The van der Waals surface area contributed by atoms with Gasteiger partial charge in [-0.3, -0.25) is 9.52 Å². The molecule has 0 radical (unpaired) electrons. The fourth-order valence-corrected chi connectivity index (χ4v) is 5.54. The topological polar surface area (TPSA) is 75.7 Å². The minimum Gasteiger partial charge on any atom is -0.494 e. The van der Waals surface area contributed by atoms with Crippen molar-refractivity contribution in [2.24, 2.45) is 5.92 Å². The smallest absolute Gasteiger partial charge is 0.263 e. The zero-order chi connectivity index (χ0) is 19.9. The Morgan fingerprint density at radius 1 is 1.25 bits per heavy atom. The number of nitrogens with zero attached hydrogens (tertiary/aromatic N) is 1. The molecule has 8 heteroatoms. The Kier molecular flexibility index (Phi) is 5.09. The normalized spacial score (nSPS) is 16.0. The molecule has 1 saturated carbocycles. The van der Waals surface area contributed by atoms with Crippen molar-refractivity contribution in [1.29, 1.82) is 0 Å². The van der Waals surface area contributed by atoms with Gasteiger partial charge in [0.05, 0.1) is 6.61 Å². The third-order valence-electron chi connectivity index (χ3n) is 4.93. The van der Waals surface area contributed by atoms with Crippen LogP contribution in [-0.2, 0) is 21.2 Å². The van der Waals surface area contributed by atoms with Gasteiger partial charge in [0.1, 0.15) is 10.6 Å². The van der Waals surface area contributed by atoms with Crippen LogP contribution in [0.5, 0.6) is 5.75 Å². The number of rotatable bonds is 6. The highest BCUT2D eigenvalue weighted by Gasteiger charge is 2.37. The van der Waals surface area contributed by atoms with Gasteiger partial charge in [0.2, 0.25) is 5.91 Å². The molecule has 6 nitrogen and oxygen atoms in total. The lowest BCUT2D eigenvalue weighted by atomic mass is 10.2. The number of hydrogen-bond donors (Lipinski definition) is 1. The molecule has 28 heavy (non-hydrogen) atoms. The largest absolute Gasteiger partial charge is 0.494 e. The van der Waals surface area contributed by atoms with Crippen molar-refractivity contribution in [3.05, 3.63) is 46.4 Å². The first kappa shape index (κ1) is 19.3. The Morgan fingerprint density at radius 3 is 2.61 bits per heavy atom. The molecule has 1 aliphatic carbocycles. The second-order valence-corrected chi connectivity index (χ2v) is 9.49. The van der Waals surface area contributed by atoms with Crippen LogP contribution in [-0.4, -0.2) is 27.5 Å². The molecule has 0 bridgehead atoms. The predicted molar refractivity (Wildman–Crippen MR) is 111 cm³/mol. The van der Waals surface area contributed by atoms with E-state index in [0.29, 0.717) is 34.7 Å². The number of hydrogen-bond acceptors (Lipinski definition) is 4. The quantitative estimate of drug-likeness (QED) is 0.701. The fraction of sp³-hybridized carbons (Fsp3) is 0.350. The molecule has 148 valence electrons. The predicted octanol–water partition coefficient (Wildman–Crippen LogP) is 3.95. The molecular weight excluding hydrogens is 444 g/mol. The zero-order valence-electron chi connectivity index (χ0n) is 15.4. The van der Waals surface area contributed by atoms with Gasteiger partial charge in [-0.05, 0) is 84.1 Å². The number of benzene rings is 2. The number of halogens is 1. The number of fused-ring (bicyclic) bond motifs is 1. The van der Waals surface area contributed by atoms with Crippen LogP contribution in [0.2, 0.25) is 0 Å². The number of nitrogens with one attached hydrogen (secondary N) is 1. The van der Waals surface area contributed by atoms with E-state index < -0.39 is 10.0 Å². The van der Waals surface area contributed by atoms with Gasteiger partial charge in [-0.15, -0.1) is 0 Å². The van der Waals surface area contributed by atoms with Crippen molar-refractivity contribution in [1.82, 2.24) is 0 Å². The average molecular weight is 465 g/mol. The molecule has 0 spiro atoms. The van der Waals surface area contributed by atoms with Crippen molar-refractivity contribution in [3.8, 4) is 5.75 Å². The lowest BCUT2D eigenvalue weighted by Gasteiger charge is -2.19. The first-order chi connectivity index (χ1) is 13.4. The average Bonchev–Trinajstić information content (AvgIpc) is 3.42. The van der Waals surface area contributed by atoms with Crippen molar-refractivity contribution in [2.45, 2.75) is 31.1 Å². The van der Waals surface area contributed by atoms with Gasteiger partial charge in [-0.2, -0.15) is 0 Å². The van der Waals surface area contributed by atoms with Crippen LogP contribution in [0.3, 0.4) is 0 Å². The van der Waals surface area contributed by atoms with Crippen molar-refractivity contribution >= 4 is 43.2 Å². The first-order valence-corrected chi connectivity index (χ1v) is 11.6. The van der Waals surface area contributed by atoms with E-state index in [1.807, 2.05) is 13.0 Å². The molecule has 0 aromatic heterocycles. The number of carbonyl (C=O) groups excluding carboxylic acids is 1. The summed E-state index contributed by atoms with van der Waals surface area (Å²) in [6.45, 7) is 3.04. The van der Waals surface area contributed by atoms with E-state index in [1.54, 1.807) is 35.2 Å². The first-order valence-electron chi connectivity index (χ1n) is 9.28. The van der Waals surface area contributed by atoms with E-state index in [2.05, 4.69) is 20.7 Å². The number of sulfonamides is 1. The Balaban J connectivity index is 1.62. The van der Waals surface area contributed by atoms with Gasteiger partial charge in [0.15, 0.2) is 0 Å². The summed E-state index contributed by atoms with van der Waals surface area (Å²) in [5.41, 5.74) is 2.13. The third kappa shape index (κ3) is 3.75. The Labute approximate surface area is 173 Å². The molecule has 2 aromatic rings. The highest BCUT2D eigenvalue weighted by Crippen LogP contribution is 2.39. The van der Waals surface area contributed by atoms with Crippen LogP contribution in [0.1, 0.15) is 25.3 Å². The Bertz CT molecular complexity index is 1020. The minimum absolute atomic E-state index is 0.0941. The maximum absolute atomic E-state index is 13.0. The molecule has 1 heterocycles. The Morgan fingerprint density at radius 2 is 1.96 bits per heavy atom. The molecular formula is C20H21BrN2O4S. The van der Waals surface area contributed by atoms with E-state index in [9.17, 15) is 13.2 Å². The van der Waals surface area contributed by atoms with Crippen molar-refractivity contribution in [3.63, 3.8) is 0 Å². The number of carbonyl (C=O) groups is 1. The monoisotopic (exact) mass is 464 g/mol. The van der Waals surface area contributed by atoms with E-state index in [0.717, 1.165) is 24.8 Å². The summed E-state index contributed by atoms with van der Waals surface area (Å²) < 4.78 is 34.4. The van der Waals surface area contributed by atoms with Crippen LogP contribution >= 0.6 is 15.9 Å². The van der Waals surface area contributed by atoms with Gasteiger partial charge >= 0.3 is 0 Å². The molecule has 0 saturated heterocycles. The summed E-state index contributed by atoms with van der Waals surface area (Å²) in [7, 11) is -3.82. The van der Waals surface area contributed by atoms with Crippen molar-refractivity contribution < 1.29 is 17.9 Å². The molecule has 1 aliphatic heterocycles. The molecule has 4 rings (SSSR count). The van der Waals surface area contributed by atoms with Crippen LogP contribution in [0, 0.1) is 5.92 Å². The number of anilines is 2. The molecule has 1 fully saturated rings. The molecule has 0 atom stereocenters. The SMILES string of the molecule is CCOc1ccc(NS(=O)(=O)c2cc3c(cc2Br)CCN3C(=O)C2CC2)cc1. The molecule has 2 aromatic carbocycles. The van der Waals surface area contributed by atoms with Gasteiger partial charge in [0.25, 0.3) is 10.0 Å². The zero-order valence-corrected chi connectivity index (χ0v) is 17.8. The van der Waals surface area contributed by atoms with Gasteiger partial charge < -0.3 is 9.64 Å². The second kappa shape index (κ2) is 7.40. The van der Waals surface area contributed by atoms with Gasteiger partial charge in [-0.1, -0.05) is 0 Å². The standard InChI is InChI=1S/C20H21BrN2O4S/c1-2-27-16-7-5-15(6-8-16)22-28(25,26)19-12-18-14(11-17(19)21)9-10-23(18)20(24)13-3-4-13/h5-8,11-13,22H,2-4,9-10H2,1H3. The van der Waals surface area contributed by atoms with E-state index in [-0.39, 0.29) is 16.7 Å². The number of amides is 1. The molecule has 1 N–H and O–H groups in total. The lowest BCUT2D eigenvalue weighted by Crippen LogP contribution is -2.30. The summed E-state index contributed by atoms with van der Waals surface area (Å²) in [5, 5.41) is 0. The summed E-state index contributed by atoms with van der Waals surface area (Å²) in [5.74, 6) is 0.874. The van der Waals surface area contributed by atoms with E-state index in [4.69, 9.17) is 4.74 Å². The summed E-state index contributed by atoms with van der Waals surface area (Å²) in [6, 6.07) is 10.2. The highest BCUT2D eigenvalue weighted by atomic mass is 79.9.